The quantitative estimate of drug-likeness (QED) is 0.795. The van der Waals surface area contributed by atoms with Crippen LogP contribution >= 0.6 is 28.1 Å². The molecule has 2 rings (SSSR count). The molecule has 0 unspecified atom stereocenters. The molecule has 1 saturated carbocycles. The third kappa shape index (κ3) is 3.71. The van der Waals surface area contributed by atoms with Crippen molar-refractivity contribution in [3.8, 4) is 0 Å². The molecule has 0 aromatic heterocycles. The Morgan fingerprint density at radius 1 is 1.35 bits per heavy atom. The van der Waals surface area contributed by atoms with E-state index < -0.39 is 0 Å². The molecule has 1 aromatic carbocycles. The van der Waals surface area contributed by atoms with Crippen LogP contribution in [-0.4, -0.2) is 29.3 Å². The van der Waals surface area contributed by atoms with Crippen molar-refractivity contribution < 1.29 is 5.11 Å². The zero-order valence-corrected chi connectivity index (χ0v) is 13.9. The summed E-state index contributed by atoms with van der Waals surface area (Å²) in [6.45, 7) is 0.769. The van der Waals surface area contributed by atoms with Crippen molar-refractivity contribution in [3.63, 3.8) is 0 Å². The highest BCUT2D eigenvalue weighted by molar-refractivity contribution is 9.10. The molecule has 5 heteroatoms. The monoisotopic (exact) mass is 356 g/mol. The van der Waals surface area contributed by atoms with Crippen molar-refractivity contribution in [1.29, 1.82) is 0 Å². The van der Waals surface area contributed by atoms with E-state index in [1.54, 1.807) is 0 Å². The summed E-state index contributed by atoms with van der Waals surface area (Å²) >= 11 is 8.65. The van der Waals surface area contributed by atoms with E-state index in [9.17, 15) is 5.11 Å². The smallest absolute Gasteiger partial charge is 0.106 e. The average Bonchev–Trinajstić information content (AvgIpc) is 2.46. The number of nitrogens with two attached hydrogens (primary N) is 1. The molecule has 0 saturated heterocycles. The number of halogens is 1. The molecular weight excluding hydrogens is 336 g/mol. The summed E-state index contributed by atoms with van der Waals surface area (Å²) in [6, 6.07) is 6.49. The number of rotatable bonds is 5. The van der Waals surface area contributed by atoms with E-state index >= 15 is 0 Å². The molecule has 0 bridgehead atoms. The van der Waals surface area contributed by atoms with Gasteiger partial charge in [0.05, 0.1) is 6.61 Å². The Labute approximate surface area is 134 Å². The zero-order valence-electron chi connectivity index (χ0n) is 11.5. The molecule has 20 heavy (non-hydrogen) atoms. The maximum atomic E-state index is 9.40. The second kappa shape index (κ2) is 7.38. The maximum Gasteiger partial charge on any atom is 0.106 e. The van der Waals surface area contributed by atoms with Gasteiger partial charge < -0.3 is 15.7 Å². The summed E-state index contributed by atoms with van der Waals surface area (Å²) < 4.78 is 0.969. The molecule has 0 amide bonds. The SMILES string of the molecule is NC(=S)c1cc(Br)ccc1N(CCO)C1CCCCC1. The second-order valence-electron chi connectivity index (χ2n) is 5.23. The molecule has 1 aliphatic rings. The summed E-state index contributed by atoms with van der Waals surface area (Å²) in [7, 11) is 0. The van der Waals surface area contributed by atoms with Gasteiger partial charge in [-0.1, -0.05) is 47.4 Å². The van der Waals surface area contributed by atoms with Gasteiger partial charge >= 0.3 is 0 Å². The summed E-state index contributed by atoms with van der Waals surface area (Å²) in [5, 5.41) is 9.40. The highest BCUT2D eigenvalue weighted by atomic mass is 79.9. The lowest BCUT2D eigenvalue weighted by Crippen LogP contribution is -2.40. The molecule has 0 spiro atoms. The average molecular weight is 357 g/mol. The Bertz CT molecular complexity index is 475. The van der Waals surface area contributed by atoms with E-state index in [2.05, 4.69) is 20.8 Å². The fourth-order valence-corrected chi connectivity index (χ4v) is 3.48. The minimum absolute atomic E-state index is 0.142. The largest absolute Gasteiger partial charge is 0.395 e. The third-order valence-corrected chi connectivity index (χ3v) is 4.60. The molecule has 0 heterocycles. The molecule has 3 N–H and O–H groups in total. The van der Waals surface area contributed by atoms with E-state index in [0.29, 0.717) is 17.6 Å². The van der Waals surface area contributed by atoms with Crippen LogP contribution in [0, 0.1) is 0 Å². The molecule has 1 aliphatic carbocycles. The molecule has 0 radical (unpaired) electrons. The molecule has 1 aromatic rings. The van der Waals surface area contributed by atoms with Crippen molar-refractivity contribution >= 4 is 38.8 Å². The lowest BCUT2D eigenvalue weighted by atomic mass is 9.93. The van der Waals surface area contributed by atoms with Gasteiger partial charge in [0.15, 0.2) is 0 Å². The van der Waals surface area contributed by atoms with Gasteiger partial charge in [-0.05, 0) is 31.0 Å². The lowest BCUT2D eigenvalue weighted by Gasteiger charge is -2.37. The number of benzene rings is 1. The summed E-state index contributed by atoms with van der Waals surface area (Å²) in [6.07, 6.45) is 6.17. The van der Waals surface area contributed by atoms with Crippen molar-refractivity contribution in [1.82, 2.24) is 0 Å². The third-order valence-electron chi connectivity index (χ3n) is 3.89. The number of hydrogen-bond donors (Lipinski definition) is 2. The summed E-state index contributed by atoms with van der Waals surface area (Å²) in [4.78, 5) is 2.68. The highest BCUT2D eigenvalue weighted by Gasteiger charge is 2.23. The number of hydrogen-bond acceptors (Lipinski definition) is 3. The predicted octanol–water partition coefficient (Wildman–Crippen LogP) is 3.21. The Hall–Kier alpha value is -0.650. The zero-order chi connectivity index (χ0) is 14.5. The van der Waals surface area contributed by atoms with E-state index in [0.717, 1.165) is 15.7 Å². The molecule has 110 valence electrons. The topological polar surface area (TPSA) is 49.5 Å². The number of thiocarbonyl (C=S) groups is 1. The first-order chi connectivity index (χ1) is 9.63. The van der Waals surface area contributed by atoms with Crippen molar-refractivity contribution in [3.05, 3.63) is 28.2 Å². The van der Waals surface area contributed by atoms with Crippen LogP contribution in [-0.2, 0) is 0 Å². The van der Waals surface area contributed by atoms with Crippen LogP contribution in [0.25, 0.3) is 0 Å². The van der Waals surface area contributed by atoms with E-state index in [-0.39, 0.29) is 6.61 Å². The fraction of sp³-hybridized carbons (Fsp3) is 0.533. The van der Waals surface area contributed by atoms with E-state index in [1.807, 2.05) is 18.2 Å². The first kappa shape index (κ1) is 15.7. The number of anilines is 1. The van der Waals surface area contributed by atoms with Crippen molar-refractivity contribution in [2.45, 2.75) is 38.1 Å². The van der Waals surface area contributed by atoms with Gasteiger partial charge in [0.1, 0.15) is 4.99 Å². The standard InChI is InChI=1S/C15H21BrN2OS/c16-11-6-7-14(13(10-11)15(17)20)18(8-9-19)12-4-2-1-3-5-12/h6-7,10,12,19H,1-5,8-9H2,(H2,17,20). The maximum absolute atomic E-state index is 9.40. The summed E-state index contributed by atoms with van der Waals surface area (Å²) in [5.41, 5.74) is 7.79. The first-order valence-electron chi connectivity index (χ1n) is 7.10. The van der Waals surface area contributed by atoms with E-state index in [4.69, 9.17) is 18.0 Å². The minimum Gasteiger partial charge on any atom is -0.395 e. The number of aliphatic hydroxyl groups excluding tert-OH is 1. The van der Waals surface area contributed by atoms with Crippen LogP contribution in [0.15, 0.2) is 22.7 Å². The molecule has 1 fully saturated rings. The Morgan fingerprint density at radius 3 is 2.65 bits per heavy atom. The van der Waals surface area contributed by atoms with Crippen LogP contribution in [0.3, 0.4) is 0 Å². The predicted molar refractivity (Wildman–Crippen MR) is 91.3 cm³/mol. The Balaban J connectivity index is 2.35. The Morgan fingerprint density at radius 2 is 2.05 bits per heavy atom. The highest BCUT2D eigenvalue weighted by Crippen LogP contribution is 2.31. The summed E-state index contributed by atoms with van der Waals surface area (Å²) in [5.74, 6) is 0. The lowest BCUT2D eigenvalue weighted by molar-refractivity contribution is 0.290. The van der Waals surface area contributed by atoms with Crippen LogP contribution in [0.1, 0.15) is 37.7 Å². The second-order valence-corrected chi connectivity index (χ2v) is 6.59. The van der Waals surface area contributed by atoms with Crippen LogP contribution in [0.2, 0.25) is 0 Å². The number of nitrogens with zero attached hydrogens (tertiary/aromatic N) is 1. The molecule has 3 nitrogen and oxygen atoms in total. The van der Waals surface area contributed by atoms with Crippen LogP contribution < -0.4 is 10.6 Å². The van der Waals surface area contributed by atoms with Crippen molar-refractivity contribution in [2.75, 3.05) is 18.1 Å². The molecule has 0 atom stereocenters. The van der Waals surface area contributed by atoms with Gasteiger partial charge in [-0.2, -0.15) is 0 Å². The Kier molecular flexibility index (Phi) is 5.81. The molecule has 0 aliphatic heterocycles. The first-order valence-corrected chi connectivity index (χ1v) is 8.30. The minimum atomic E-state index is 0.142. The van der Waals surface area contributed by atoms with Gasteiger partial charge in [0, 0.05) is 28.3 Å². The molecular formula is C15H21BrN2OS. The van der Waals surface area contributed by atoms with Crippen LogP contribution in [0.5, 0.6) is 0 Å². The van der Waals surface area contributed by atoms with Crippen molar-refractivity contribution in [2.24, 2.45) is 5.73 Å². The van der Waals surface area contributed by atoms with E-state index in [1.165, 1.54) is 32.1 Å². The normalized spacial score (nSPS) is 16.1. The van der Waals surface area contributed by atoms with Gasteiger partial charge in [-0.3, -0.25) is 0 Å². The van der Waals surface area contributed by atoms with Gasteiger partial charge in [-0.25, -0.2) is 0 Å². The van der Waals surface area contributed by atoms with Gasteiger partial charge in [0.2, 0.25) is 0 Å². The van der Waals surface area contributed by atoms with Crippen LogP contribution in [0.4, 0.5) is 5.69 Å². The number of aliphatic hydroxyl groups is 1. The van der Waals surface area contributed by atoms with Gasteiger partial charge in [0.25, 0.3) is 0 Å². The fourth-order valence-electron chi connectivity index (χ4n) is 2.96. The van der Waals surface area contributed by atoms with Gasteiger partial charge in [-0.15, -0.1) is 0 Å².